The lowest BCUT2D eigenvalue weighted by atomic mass is 10.1. The highest BCUT2D eigenvalue weighted by Gasteiger charge is 2.06. The lowest BCUT2D eigenvalue weighted by molar-refractivity contribution is -0.121. The highest BCUT2D eigenvalue weighted by atomic mass is 19.0. The number of ether oxygens (including phenoxy) is 2. The van der Waals surface area contributed by atoms with Crippen LogP contribution in [0.2, 0.25) is 0 Å². The molecule has 0 radical (unpaired) electrons. The van der Waals surface area contributed by atoms with Crippen molar-refractivity contribution in [3.63, 3.8) is 0 Å². The summed E-state index contributed by atoms with van der Waals surface area (Å²) in [5.74, 6) is -0.0832. The van der Waals surface area contributed by atoms with Crippen molar-refractivity contribution in [1.29, 1.82) is 0 Å². The number of rotatable bonds is 8. The zero-order valence-corrected chi connectivity index (χ0v) is 15.8. The molecule has 8 heteroatoms. The molecule has 2 aromatic carbocycles. The van der Waals surface area contributed by atoms with Crippen molar-refractivity contribution in [3.05, 3.63) is 59.7 Å². The second kappa shape index (κ2) is 11.9. The fraction of sp³-hybridized carbons (Fsp3) is 0.143. The van der Waals surface area contributed by atoms with E-state index in [4.69, 9.17) is 9.47 Å². The van der Waals surface area contributed by atoms with E-state index in [1.807, 2.05) is 0 Å². The van der Waals surface area contributed by atoms with Gasteiger partial charge in [0, 0.05) is 0 Å². The van der Waals surface area contributed by atoms with Gasteiger partial charge in [-0.3, -0.25) is 19.0 Å². The van der Waals surface area contributed by atoms with E-state index < -0.39 is 0 Å². The molecule has 0 atom stereocenters. The Morgan fingerprint density at radius 1 is 0.793 bits per heavy atom. The summed E-state index contributed by atoms with van der Waals surface area (Å²) in [5.41, 5.74) is 1.33. The number of phenols is 2. The maximum Gasteiger partial charge on any atom is 0.163 e. The summed E-state index contributed by atoms with van der Waals surface area (Å²) in [6, 6.07) is 9.34. The van der Waals surface area contributed by atoms with E-state index in [0.29, 0.717) is 22.6 Å². The number of benzene rings is 2. The number of hydrogen-bond acceptors (Lipinski definition) is 6. The molecule has 0 amide bonds. The van der Waals surface area contributed by atoms with Crippen LogP contribution in [-0.4, -0.2) is 36.0 Å². The fourth-order valence-electron chi connectivity index (χ4n) is 2.26. The van der Waals surface area contributed by atoms with Crippen molar-refractivity contribution in [2.75, 3.05) is 14.2 Å². The Hall–Kier alpha value is -3.68. The van der Waals surface area contributed by atoms with Crippen molar-refractivity contribution in [3.8, 4) is 23.0 Å². The molecule has 6 nitrogen and oxygen atoms in total. The van der Waals surface area contributed by atoms with Crippen molar-refractivity contribution in [2.45, 2.75) is 6.42 Å². The lowest BCUT2D eigenvalue weighted by Gasteiger charge is -2.03. The number of ketones is 2. The smallest absolute Gasteiger partial charge is 0.163 e. The third kappa shape index (κ3) is 7.45. The van der Waals surface area contributed by atoms with Gasteiger partial charge in [0.15, 0.2) is 34.6 Å². The van der Waals surface area contributed by atoms with E-state index >= 15 is 0 Å². The highest BCUT2D eigenvalue weighted by molar-refractivity contribution is 6.10. The molecular weight excluding hydrogens is 386 g/mol. The molecule has 29 heavy (non-hydrogen) atoms. The Balaban J connectivity index is 0.00000392. The van der Waals surface area contributed by atoms with Gasteiger partial charge in [0.2, 0.25) is 0 Å². The minimum absolute atomic E-state index is 0. The predicted octanol–water partition coefficient (Wildman–Crippen LogP) is 3.67. The molecule has 0 aliphatic heterocycles. The van der Waals surface area contributed by atoms with E-state index in [0.717, 1.165) is 0 Å². The fourth-order valence-corrected chi connectivity index (χ4v) is 2.26. The van der Waals surface area contributed by atoms with Crippen molar-refractivity contribution < 1.29 is 38.7 Å². The van der Waals surface area contributed by atoms with Crippen LogP contribution >= 0.6 is 0 Å². The second-order valence-corrected chi connectivity index (χ2v) is 5.64. The predicted molar refractivity (Wildman–Crippen MR) is 107 cm³/mol. The molecule has 2 aromatic rings. The Bertz CT molecular complexity index is 833. The number of halogens is 2. The minimum atomic E-state index is -0.347. The van der Waals surface area contributed by atoms with Gasteiger partial charge in [-0.25, -0.2) is 0 Å². The van der Waals surface area contributed by atoms with E-state index in [1.165, 1.54) is 38.5 Å². The number of carbonyl (C=O) groups is 2. The lowest BCUT2D eigenvalue weighted by Crippen LogP contribution is -2.01. The Morgan fingerprint density at radius 2 is 1.17 bits per heavy atom. The first-order valence-electron chi connectivity index (χ1n) is 8.08. The summed E-state index contributed by atoms with van der Waals surface area (Å²) in [6.45, 7) is 0. The molecule has 0 saturated heterocycles. The van der Waals surface area contributed by atoms with E-state index in [2.05, 4.69) is 0 Å². The molecule has 156 valence electrons. The van der Waals surface area contributed by atoms with Gasteiger partial charge in [0.05, 0.1) is 20.6 Å². The van der Waals surface area contributed by atoms with Gasteiger partial charge in [0.1, 0.15) is 0 Å². The third-order valence-corrected chi connectivity index (χ3v) is 3.68. The second-order valence-electron chi connectivity index (χ2n) is 5.64. The van der Waals surface area contributed by atoms with Gasteiger partial charge in [-0.05, 0) is 47.5 Å². The van der Waals surface area contributed by atoms with Gasteiger partial charge in [-0.2, -0.15) is 0 Å². The molecule has 0 aliphatic carbocycles. The van der Waals surface area contributed by atoms with Crippen molar-refractivity contribution in [2.24, 2.45) is 0 Å². The molecule has 0 aromatic heterocycles. The summed E-state index contributed by atoms with van der Waals surface area (Å²) in [5, 5.41) is 19.1. The third-order valence-electron chi connectivity index (χ3n) is 3.68. The van der Waals surface area contributed by atoms with E-state index in [-0.39, 0.29) is 38.9 Å². The number of allylic oxidation sites excluding steroid dienone is 2. The number of methoxy groups -OCH3 is 2. The Kier molecular flexibility index (Phi) is 10.4. The topological polar surface area (TPSA) is 93.1 Å². The van der Waals surface area contributed by atoms with E-state index in [9.17, 15) is 19.8 Å². The SMILES string of the molecule is COc1cc(/C=C/C(=O)CC(=O)/C=C/c2ccc(O)c(OC)c2)ccc1O.F.F. The molecule has 2 N–H and O–H groups in total. The van der Waals surface area contributed by atoms with Gasteiger partial charge < -0.3 is 19.7 Å². The average Bonchev–Trinajstić information content (AvgIpc) is 2.66. The van der Waals surface area contributed by atoms with Crippen LogP contribution < -0.4 is 9.47 Å². The zero-order valence-electron chi connectivity index (χ0n) is 15.8. The molecule has 0 bridgehead atoms. The van der Waals surface area contributed by atoms with Crippen LogP contribution in [-0.2, 0) is 9.59 Å². The molecule has 0 fully saturated rings. The zero-order chi connectivity index (χ0) is 19.8. The molecule has 0 heterocycles. The molecular formula is C21H22F2O6. The van der Waals surface area contributed by atoms with Crippen LogP contribution in [0.15, 0.2) is 48.6 Å². The maximum atomic E-state index is 11.9. The summed E-state index contributed by atoms with van der Waals surface area (Å²) in [6.07, 6.45) is 5.44. The first-order chi connectivity index (χ1) is 12.9. The summed E-state index contributed by atoms with van der Waals surface area (Å²) >= 11 is 0. The van der Waals surface area contributed by atoms with Crippen LogP contribution in [0.4, 0.5) is 9.41 Å². The van der Waals surface area contributed by atoms with Crippen LogP contribution in [0, 0.1) is 0 Å². The number of phenolic OH excluding ortho intramolecular Hbond substituents is 2. The quantitative estimate of drug-likeness (QED) is 0.511. The number of carbonyl (C=O) groups excluding carboxylic acids is 2. The number of aromatic hydroxyl groups is 2. The van der Waals surface area contributed by atoms with Crippen LogP contribution in [0.3, 0.4) is 0 Å². The highest BCUT2D eigenvalue weighted by Crippen LogP contribution is 2.27. The summed E-state index contributed by atoms with van der Waals surface area (Å²) in [4.78, 5) is 23.9. The average molecular weight is 408 g/mol. The van der Waals surface area contributed by atoms with E-state index in [1.54, 1.807) is 36.4 Å². The molecule has 2 rings (SSSR count). The Labute approximate surface area is 166 Å². The largest absolute Gasteiger partial charge is 0.504 e. The Morgan fingerprint density at radius 3 is 1.52 bits per heavy atom. The standard InChI is InChI=1S/C21H20O6.2FH/c1-26-20-11-14(5-9-18(20)24)3-7-16(22)13-17(23)8-4-15-6-10-19(25)21(12-15)27-2;;/h3-12,24-25H,13H2,1-2H3;2*1H/b7-3+,8-4+;;. The molecule has 0 saturated carbocycles. The van der Waals surface area contributed by atoms with Crippen LogP contribution in [0.25, 0.3) is 12.2 Å². The molecule has 0 spiro atoms. The van der Waals surface area contributed by atoms with Gasteiger partial charge in [-0.15, -0.1) is 0 Å². The summed E-state index contributed by atoms with van der Waals surface area (Å²) in [7, 11) is 2.87. The molecule has 0 aliphatic rings. The maximum absolute atomic E-state index is 11.9. The minimum Gasteiger partial charge on any atom is -0.504 e. The summed E-state index contributed by atoms with van der Waals surface area (Å²) < 4.78 is 10.00. The molecule has 0 unspecified atom stereocenters. The van der Waals surface area contributed by atoms with Crippen LogP contribution in [0.5, 0.6) is 23.0 Å². The van der Waals surface area contributed by atoms with Gasteiger partial charge >= 0.3 is 0 Å². The first kappa shape index (κ1) is 25.3. The van der Waals surface area contributed by atoms with Crippen LogP contribution in [0.1, 0.15) is 17.5 Å². The normalized spacial score (nSPS) is 10.3. The first-order valence-corrected chi connectivity index (χ1v) is 8.08. The van der Waals surface area contributed by atoms with Gasteiger partial charge in [-0.1, -0.05) is 24.3 Å². The van der Waals surface area contributed by atoms with Gasteiger partial charge in [0.25, 0.3) is 0 Å². The number of hydrogen-bond donors (Lipinski definition) is 2. The van der Waals surface area contributed by atoms with Crippen molar-refractivity contribution >= 4 is 23.7 Å². The van der Waals surface area contributed by atoms with Crippen molar-refractivity contribution in [1.82, 2.24) is 0 Å². The monoisotopic (exact) mass is 408 g/mol.